The van der Waals surface area contributed by atoms with E-state index in [2.05, 4.69) is 10.2 Å². The number of carboxylic acids is 1. The van der Waals surface area contributed by atoms with Gasteiger partial charge < -0.3 is 19.9 Å². The van der Waals surface area contributed by atoms with E-state index in [1.165, 1.54) is 6.07 Å². The van der Waals surface area contributed by atoms with Crippen LogP contribution >= 0.6 is 0 Å². The molecule has 0 radical (unpaired) electrons. The topological polar surface area (TPSA) is 103 Å². The molecule has 0 saturated carbocycles. The van der Waals surface area contributed by atoms with E-state index in [4.69, 9.17) is 14.6 Å². The van der Waals surface area contributed by atoms with Crippen molar-refractivity contribution in [2.24, 2.45) is 0 Å². The SMILES string of the molecule is CCN(CC)Cc1ccc(C(=O)NC(CCO)C(=O)O)o1. The van der Waals surface area contributed by atoms with E-state index in [1.54, 1.807) is 6.07 Å². The first-order chi connectivity index (χ1) is 10.0. The lowest BCUT2D eigenvalue weighted by molar-refractivity contribution is -0.139. The number of aliphatic carboxylic acids is 1. The Morgan fingerprint density at radius 1 is 1.33 bits per heavy atom. The Bertz CT molecular complexity index is 468. The van der Waals surface area contributed by atoms with Crippen molar-refractivity contribution < 1.29 is 24.2 Å². The largest absolute Gasteiger partial charge is 0.480 e. The number of carbonyl (C=O) groups excluding carboxylic acids is 1. The van der Waals surface area contributed by atoms with Crippen molar-refractivity contribution in [2.45, 2.75) is 32.9 Å². The third-order valence-electron chi connectivity index (χ3n) is 3.18. The second kappa shape index (κ2) is 8.43. The lowest BCUT2D eigenvalue weighted by Gasteiger charge is -2.15. The zero-order chi connectivity index (χ0) is 15.8. The van der Waals surface area contributed by atoms with Gasteiger partial charge in [0, 0.05) is 13.0 Å². The van der Waals surface area contributed by atoms with Gasteiger partial charge in [0.2, 0.25) is 0 Å². The number of hydrogen-bond donors (Lipinski definition) is 3. The number of hydrogen-bond acceptors (Lipinski definition) is 5. The standard InChI is InChI=1S/C14H22N2O5/c1-3-16(4-2)9-10-5-6-12(21-10)13(18)15-11(7-8-17)14(19)20/h5-6,11,17H,3-4,7-9H2,1-2H3,(H,15,18)(H,19,20). The van der Waals surface area contributed by atoms with E-state index in [1.807, 2.05) is 13.8 Å². The number of amides is 1. The summed E-state index contributed by atoms with van der Waals surface area (Å²) in [7, 11) is 0. The predicted octanol–water partition coefficient (Wildman–Crippen LogP) is 0.687. The first kappa shape index (κ1) is 17.2. The molecular formula is C14H22N2O5. The molecule has 7 heteroatoms. The molecule has 1 atom stereocenters. The number of nitrogens with zero attached hydrogens (tertiary/aromatic N) is 1. The summed E-state index contributed by atoms with van der Waals surface area (Å²) in [5.74, 6) is -1.06. The minimum Gasteiger partial charge on any atom is -0.480 e. The number of furan rings is 1. The van der Waals surface area contributed by atoms with Crippen molar-refractivity contribution >= 4 is 11.9 Å². The van der Waals surface area contributed by atoms with Gasteiger partial charge in [-0.05, 0) is 25.2 Å². The van der Waals surface area contributed by atoms with Crippen molar-refractivity contribution in [2.75, 3.05) is 19.7 Å². The molecule has 0 aliphatic carbocycles. The summed E-state index contributed by atoms with van der Waals surface area (Å²) in [6.45, 7) is 6.09. The summed E-state index contributed by atoms with van der Waals surface area (Å²) in [6.07, 6.45) is -0.0475. The van der Waals surface area contributed by atoms with Gasteiger partial charge in [0.25, 0.3) is 5.91 Å². The molecule has 1 unspecified atom stereocenters. The van der Waals surface area contributed by atoms with Crippen LogP contribution in [-0.2, 0) is 11.3 Å². The average Bonchev–Trinajstić information content (AvgIpc) is 2.92. The first-order valence-electron chi connectivity index (χ1n) is 6.97. The maximum Gasteiger partial charge on any atom is 0.326 e. The average molecular weight is 298 g/mol. The molecule has 0 spiro atoms. The number of rotatable bonds is 9. The normalized spacial score (nSPS) is 12.4. The van der Waals surface area contributed by atoms with Gasteiger partial charge in [0.05, 0.1) is 6.54 Å². The summed E-state index contributed by atoms with van der Waals surface area (Å²) in [6, 6.07) is 2.10. The maximum absolute atomic E-state index is 11.9. The number of aliphatic hydroxyl groups excluding tert-OH is 1. The molecule has 0 saturated heterocycles. The van der Waals surface area contributed by atoms with Crippen molar-refractivity contribution in [3.05, 3.63) is 23.7 Å². The van der Waals surface area contributed by atoms with Crippen LogP contribution in [0.5, 0.6) is 0 Å². The zero-order valence-corrected chi connectivity index (χ0v) is 12.3. The monoisotopic (exact) mass is 298 g/mol. The zero-order valence-electron chi connectivity index (χ0n) is 12.3. The molecule has 1 heterocycles. The molecule has 118 valence electrons. The number of carboxylic acid groups (broad SMARTS) is 1. The summed E-state index contributed by atoms with van der Waals surface area (Å²) in [5, 5.41) is 20.0. The van der Waals surface area contributed by atoms with Crippen molar-refractivity contribution in [1.29, 1.82) is 0 Å². The van der Waals surface area contributed by atoms with Crippen LogP contribution < -0.4 is 5.32 Å². The minimum absolute atomic E-state index is 0.0475. The molecule has 0 bridgehead atoms. The molecule has 21 heavy (non-hydrogen) atoms. The van der Waals surface area contributed by atoms with Crippen molar-refractivity contribution in [3.63, 3.8) is 0 Å². The Morgan fingerprint density at radius 3 is 2.52 bits per heavy atom. The van der Waals surface area contributed by atoms with Gasteiger partial charge in [-0.25, -0.2) is 4.79 Å². The van der Waals surface area contributed by atoms with Crippen LogP contribution in [0.1, 0.15) is 36.6 Å². The fourth-order valence-corrected chi connectivity index (χ4v) is 1.87. The number of nitrogens with one attached hydrogen (secondary N) is 1. The molecule has 0 fully saturated rings. The Balaban J connectivity index is 2.66. The van der Waals surface area contributed by atoms with Crippen LogP contribution in [0, 0.1) is 0 Å². The van der Waals surface area contributed by atoms with Gasteiger partial charge in [-0.3, -0.25) is 9.69 Å². The Morgan fingerprint density at radius 2 is 2.00 bits per heavy atom. The highest BCUT2D eigenvalue weighted by molar-refractivity contribution is 5.94. The third-order valence-corrected chi connectivity index (χ3v) is 3.18. The van der Waals surface area contributed by atoms with Crippen LogP contribution in [0.3, 0.4) is 0 Å². The van der Waals surface area contributed by atoms with Gasteiger partial charge in [-0.2, -0.15) is 0 Å². The fraction of sp³-hybridized carbons (Fsp3) is 0.571. The molecule has 1 amide bonds. The Labute approximate surface area is 123 Å². The van der Waals surface area contributed by atoms with Crippen molar-refractivity contribution in [3.8, 4) is 0 Å². The Kier molecular flexibility index (Phi) is 6.90. The molecule has 0 aliphatic heterocycles. The van der Waals surface area contributed by atoms with E-state index in [9.17, 15) is 9.59 Å². The summed E-state index contributed by atoms with van der Waals surface area (Å²) in [4.78, 5) is 25.0. The summed E-state index contributed by atoms with van der Waals surface area (Å²) < 4.78 is 5.43. The highest BCUT2D eigenvalue weighted by Crippen LogP contribution is 2.11. The second-order valence-corrected chi connectivity index (χ2v) is 4.60. The fourth-order valence-electron chi connectivity index (χ4n) is 1.87. The van der Waals surface area contributed by atoms with Gasteiger partial charge in [0.15, 0.2) is 5.76 Å². The van der Waals surface area contributed by atoms with E-state index in [0.29, 0.717) is 12.3 Å². The van der Waals surface area contributed by atoms with Crippen LogP contribution in [0.4, 0.5) is 0 Å². The highest BCUT2D eigenvalue weighted by atomic mass is 16.4. The molecular weight excluding hydrogens is 276 g/mol. The molecule has 0 aliphatic rings. The van der Waals surface area contributed by atoms with Gasteiger partial charge in [-0.1, -0.05) is 13.8 Å². The second-order valence-electron chi connectivity index (χ2n) is 4.60. The van der Waals surface area contributed by atoms with E-state index in [0.717, 1.165) is 13.1 Å². The molecule has 1 aromatic rings. The molecule has 0 aromatic carbocycles. The first-order valence-corrected chi connectivity index (χ1v) is 6.97. The van der Waals surface area contributed by atoms with Crippen LogP contribution in [0.2, 0.25) is 0 Å². The van der Waals surface area contributed by atoms with Gasteiger partial charge in [-0.15, -0.1) is 0 Å². The van der Waals surface area contributed by atoms with Crippen molar-refractivity contribution in [1.82, 2.24) is 10.2 Å². The summed E-state index contributed by atoms with van der Waals surface area (Å²) >= 11 is 0. The third kappa shape index (κ3) is 5.20. The number of aliphatic hydroxyl groups is 1. The molecule has 1 aromatic heterocycles. The molecule has 3 N–H and O–H groups in total. The van der Waals surface area contributed by atoms with E-state index >= 15 is 0 Å². The van der Waals surface area contributed by atoms with Crippen LogP contribution in [0.25, 0.3) is 0 Å². The predicted molar refractivity (Wildman–Crippen MR) is 75.9 cm³/mol. The minimum atomic E-state index is -1.19. The Hall–Kier alpha value is -1.86. The van der Waals surface area contributed by atoms with Gasteiger partial charge in [0.1, 0.15) is 11.8 Å². The number of carbonyl (C=O) groups is 2. The van der Waals surface area contributed by atoms with Crippen LogP contribution in [-0.4, -0.2) is 52.7 Å². The van der Waals surface area contributed by atoms with E-state index in [-0.39, 0.29) is 18.8 Å². The highest BCUT2D eigenvalue weighted by Gasteiger charge is 2.21. The van der Waals surface area contributed by atoms with E-state index < -0.39 is 17.9 Å². The lowest BCUT2D eigenvalue weighted by atomic mass is 10.2. The summed E-state index contributed by atoms with van der Waals surface area (Å²) in [5.41, 5.74) is 0. The van der Waals surface area contributed by atoms with Crippen LogP contribution in [0.15, 0.2) is 16.5 Å². The molecule has 7 nitrogen and oxygen atoms in total. The smallest absolute Gasteiger partial charge is 0.326 e. The lowest BCUT2D eigenvalue weighted by Crippen LogP contribution is -2.41. The quantitative estimate of drug-likeness (QED) is 0.619. The van der Waals surface area contributed by atoms with Gasteiger partial charge >= 0.3 is 5.97 Å². The molecule has 1 rings (SSSR count). The maximum atomic E-state index is 11.9.